The Bertz CT molecular complexity index is 789. The molecule has 0 spiro atoms. The minimum atomic E-state index is 0.651. The van der Waals surface area contributed by atoms with Crippen molar-refractivity contribution >= 4 is 5.69 Å². The number of hydrogen-bond acceptors (Lipinski definition) is 5. The number of likely N-dealkylation sites (tertiary alicyclic amines) is 1. The number of para-hydroxylation sites is 3. The highest BCUT2D eigenvalue weighted by molar-refractivity contribution is 5.58. The molecule has 0 aromatic heterocycles. The van der Waals surface area contributed by atoms with Gasteiger partial charge < -0.3 is 14.4 Å². The standard InChI is InChI=1S/C24H33N3O2/c1-28-23-11-5-3-8-20(23)18-25-13-7-9-21(19-25)26-14-16-27(17-15-26)22-10-4-6-12-24(22)29-2/h3-6,8,10-12,21H,7,9,13-19H2,1-2H3/t21-/m0/s1. The fourth-order valence-corrected chi connectivity index (χ4v) is 4.77. The molecule has 0 amide bonds. The van der Waals surface area contributed by atoms with Gasteiger partial charge in [-0.3, -0.25) is 9.80 Å². The van der Waals surface area contributed by atoms with E-state index in [1.165, 1.54) is 30.6 Å². The minimum Gasteiger partial charge on any atom is -0.496 e. The van der Waals surface area contributed by atoms with Gasteiger partial charge in [-0.15, -0.1) is 0 Å². The second-order valence-electron chi connectivity index (χ2n) is 8.04. The zero-order chi connectivity index (χ0) is 20.1. The molecule has 2 aromatic rings. The molecule has 0 radical (unpaired) electrons. The van der Waals surface area contributed by atoms with Crippen LogP contribution in [0.5, 0.6) is 11.5 Å². The molecule has 5 nitrogen and oxygen atoms in total. The lowest BCUT2D eigenvalue weighted by molar-refractivity contribution is 0.0882. The molecule has 1 atom stereocenters. The molecule has 2 aromatic carbocycles. The number of piperazine rings is 1. The van der Waals surface area contributed by atoms with Crippen molar-refractivity contribution in [1.29, 1.82) is 0 Å². The van der Waals surface area contributed by atoms with Gasteiger partial charge in [0.2, 0.25) is 0 Å². The summed E-state index contributed by atoms with van der Waals surface area (Å²) in [6, 6.07) is 17.4. The van der Waals surface area contributed by atoms with Crippen molar-refractivity contribution in [3.8, 4) is 11.5 Å². The number of nitrogens with zero attached hydrogens (tertiary/aromatic N) is 3. The van der Waals surface area contributed by atoms with Crippen molar-refractivity contribution < 1.29 is 9.47 Å². The number of hydrogen-bond donors (Lipinski definition) is 0. The second-order valence-corrected chi connectivity index (χ2v) is 8.04. The lowest BCUT2D eigenvalue weighted by Gasteiger charge is -2.44. The van der Waals surface area contributed by atoms with E-state index in [9.17, 15) is 0 Å². The molecule has 0 N–H and O–H groups in total. The zero-order valence-corrected chi connectivity index (χ0v) is 17.7. The number of ether oxygens (including phenoxy) is 2. The molecule has 2 aliphatic heterocycles. The maximum atomic E-state index is 5.56. The van der Waals surface area contributed by atoms with Crippen molar-refractivity contribution in [3.05, 3.63) is 54.1 Å². The van der Waals surface area contributed by atoms with E-state index in [2.05, 4.69) is 51.1 Å². The molecule has 4 rings (SSSR count). The van der Waals surface area contributed by atoms with Crippen LogP contribution in [0, 0.1) is 0 Å². The molecule has 0 bridgehead atoms. The highest BCUT2D eigenvalue weighted by Gasteiger charge is 2.29. The van der Waals surface area contributed by atoms with Crippen LogP contribution in [0.1, 0.15) is 18.4 Å². The van der Waals surface area contributed by atoms with E-state index in [4.69, 9.17) is 9.47 Å². The molecule has 2 saturated heterocycles. The van der Waals surface area contributed by atoms with Gasteiger partial charge in [-0.1, -0.05) is 30.3 Å². The predicted molar refractivity (Wildman–Crippen MR) is 118 cm³/mol. The van der Waals surface area contributed by atoms with Gasteiger partial charge in [-0.25, -0.2) is 0 Å². The van der Waals surface area contributed by atoms with Crippen molar-refractivity contribution in [2.45, 2.75) is 25.4 Å². The number of anilines is 1. The first kappa shape index (κ1) is 20.0. The highest BCUT2D eigenvalue weighted by atomic mass is 16.5. The summed E-state index contributed by atoms with van der Waals surface area (Å²) in [6.07, 6.45) is 2.57. The molecule has 2 fully saturated rings. The van der Waals surface area contributed by atoms with Gasteiger partial charge in [0.25, 0.3) is 0 Å². The number of methoxy groups -OCH3 is 2. The van der Waals surface area contributed by atoms with Crippen molar-refractivity contribution in [1.82, 2.24) is 9.80 Å². The molecule has 0 aliphatic carbocycles. The maximum Gasteiger partial charge on any atom is 0.142 e. The molecule has 0 saturated carbocycles. The van der Waals surface area contributed by atoms with Crippen LogP contribution in [0.25, 0.3) is 0 Å². The van der Waals surface area contributed by atoms with Crippen LogP contribution < -0.4 is 14.4 Å². The predicted octanol–water partition coefficient (Wildman–Crippen LogP) is 3.49. The van der Waals surface area contributed by atoms with Gasteiger partial charge in [0.15, 0.2) is 0 Å². The van der Waals surface area contributed by atoms with E-state index in [-0.39, 0.29) is 0 Å². The topological polar surface area (TPSA) is 28.2 Å². The van der Waals surface area contributed by atoms with Crippen LogP contribution in [0.15, 0.2) is 48.5 Å². The highest BCUT2D eigenvalue weighted by Crippen LogP contribution is 2.29. The Labute approximate surface area is 174 Å². The second kappa shape index (κ2) is 9.51. The summed E-state index contributed by atoms with van der Waals surface area (Å²) in [5.41, 5.74) is 2.51. The number of benzene rings is 2. The lowest BCUT2D eigenvalue weighted by atomic mass is 10.0. The van der Waals surface area contributed by atoms with Gasteiger partial charge in [-0.05, 0) is 37.6 Å². The average Bonchev–Trinajstić information content (AvgIpc) is 2.80. The summed E-state index contributed by atoms with van der Waals surface area (Å²) in [7, 11) is 3.52. The zero-order valence-electron chi connectivity index (χ0n) is 17.7. The van der Waals surface area contributed by atoms with E-state index in [0.29, 0.717) is 6.04 Å². The van der Waals surface area contributed by atoms with Crippen molar-refractivity contribution in [3.63, 3.8) is 0 Å². The monoisotopic (exact) mass is 395 g/mol. The summed E-state index contributed by atoms with van der Waals surface area (Å²) >= 11 is 0. The number of rotatable bonds is 6. The fraction of sp³-hybridized carbons (Fsp3) is 0.500. The Balaban J connectivity index is 1.34. The van der Waals surface area contributed by atoms with E-state index in [0.717, 1.165) is 50.8 Å². The molecule has 2 heterocycles. The van der Waals surface area contributed by atoms with E-state index in [1.54, 1.807) is 14.2 Å². The third kappa shape index (κ3) is 4.68. The van der Waals surface area contributed by atoms with Crippen LogP contribution in [-0.2, 0) is 6.54 Å². The fourth-order valence-electron chi connectivity index (χ4n) is 4.77. The first-order valence-electron chi connectivity index (χ1n) is 10.7. The number of piperidine rings is 1. The van der Waals surface area contributed by atoms with E-state index in [1.807, 2.05) is 12.1 Å². The third-order valence-electron chi connectivity index (χ3n) is 6.32. The van der Waals surface area contributed by atoms with E-state index < -0.39 is 0 Å². The summed E-state index contributed by atoms with van der Waals surface area (Å²) in [5, 5.41) is 0. The molecule has 0 unspecified atom stereocenters. The first-order chi connectivity index (χ1) is 14.3. The quantitative estimate of drug-likeness (QED) is 0.747. The Hall–Kier alpha value is -2.24. The van der Waals surface area contributed by atoms with Crippen molar-refractivity contribution in [2.24, 2.45) is 0 Å². The summed E-state index contributed by atoms with van der Waals surface area (Å²) in [6.45, 7) is 7.65. The van der Waals surface area contributed by atoms with Gasteiger partial charge in [0.05, 0.1) is 19.9 Å². The van der Waals surface area contributed by atoms with Gasteiger partial charge in [0, 0.05) is 50.9 Å². The Morgan fingerprint density at radius 1 is 0.828 bits per heavy atom. The summed E-state index contributed by atoms with van der Waals surface area (Å²) in [5.74, 6) is 1.97. The Morgan fingerprint density at radius 2 is 1.52 bits per heavy atom. The van der Waals surface area contributed by atoms with Gasteiger partial charge in [0.1, 0.15) is 11.5 Å². The van der Waals surface area contributed by atoms with Crippen molar-refractivity contribution in [2.75, 3.05) is 58.4 Å². The first-order valence-corrected chi connectivity index (χ1v) is 10.7. The van der Waals surface area contributed by atoms with Crippen LogP contribution in [0.4, 0.5) is 5.69 Å². The molecular formula is C24H33N3O2. The van der Waals surface area contributed by atoms with E-state index >= 15 is 0 Å². The summed E-state index contributed by atoms with van der Waals surface area (Å²) in [4.78, 5) is 7.75. The minimum absolute atomic E-state index is 0.651. The van der Waals surface area contributed by atoms with Crippen LogP contribution in [0.2, 0.25) is 0 Å². The smallest absolute Gasteiger partial charge is 0.142 e. The largest absolute Gasteiger partial charge is 0.496 e. The lowest BCUT2D eigenvalue weighted by Crippen LogP contribution is -2.55. The molecular weight excluding hydrogens is 362 g/mol. The Kier molecular flexibility index (Phi) is 6.57. The molecule has 2 aliphatic rings. The van der Waals surface area contributed by atoms with Crippen LogP contribution in [0.3, 0.4) is 0 Å². The summed E-state index contributed by atoms with van der Waals surface area (Å²) < 4.78 is 11.1. The maximum absolute atomic E-state index is 5.56. The van der Waals surface area contributed by atoms with Gasteiger partial charge in [-0.2, -0.15) is 0 Å². The van der Waals surface area contributed by atoms with Gasteiger partial charge >= 0.3 is 0 Å². The van der Waals surface area contributed by atoms with Crippen LogP contribution >= 0.6 is 0 Å². The average molecular weight is 396 g/mol. The molecule has 29 heavy (non-hydrogen) atoms. The normalized spacial score (nSPS) is 21.2. The molecule has 156 valence electrons. The SMILES string of the molecule is COc1ccccc1CN1CCC[C@H](N2CCN(c3ccccc3OC)CC2)C1. The van der Waals surface area contributed by atoms with Crippen LogP contribution in [-0.4, -0.2) is 69.3 Å². The Morgan fingerprint density at radius 3 is 2.28 bits per heavy atom. The third-order valence-corrected chi connectivity index (χ3v) is 6.32. The molecule has 5 heteroatoms.